The zero-order valence-corrected chi connectivity index (χ0v) is 13.7. The van der Waals surface area contributed by atoms with Crippen LogP contribution in [-0.2, 0) is 0 Å². The minimum Gasteiger partial charge on any atom is -0.399 e. The lowest BCUT2D eigenvalue weighted by Gasteiger charge is -2.34. The van der Waals surface area contributed by atoms with Gasteiger partial charge in [0, 0.05) is 47.9 Å². The number of carbonyl (C=O) groups excluding carboxylic acids is 1. The molecule has 1 aliphatic heterocycles. The molecule has 0 spiro atoms. The zero-order chi connectivity index (χ0) is 14.8. The molecule has 3 rings (SSSR count). The summed E-state index contributed by atoms with van der Waals surface area (Å²) in [5.41, 5.74) is 7.00. The molecule has 0 atom stereocenters. The number of anilines is 2. The van der Waals surface area contributed by atoms with Gasteiger partial charge in [0.1, 0.15) is 0 Å². The molecule has 1 amide bonds. The number of nitrogens with two attached hydrogens (primary N) is 1. The van der Waals surface area contributed by atoms with Gasteiger partial charge < -0.3 is 15.5 Å². The molecule has 0 saturated carbocycles. The van der Waals surface area contributed by atoms with Crippen molar-refractivity contribution in [3.05, 3.63) is 39.8 Å². The topological polar surface area (TPSA) is 62.5 Å². The van der Waals surface area contributed by atoms with Crippen molar-refractivity contribution in [1.82, 2.24) is 9.88 Å². The van der Waals surface area contributed by atoms with E-state index in [1.807, 2.05) is 16.3 Å². The Morgan fingerprint density at radius 3 is 2.71 bits per heavy atom. The Hall–Kier alpha value is -1.60. The molecule has 0 aliphatic carbocycles. The van der Waals surface area contributed by atoms with Gasteiger partial charge in [0.2, 0.25) is 0 Å². The third kappa shape index (κ3) is 3.03. The number of aromatic nitrogens is 1. The minimum absolute atomic E-state index is 0.0213. The van der Waals surface area contributed by atoms with Gasteiger partial charge in [0.25, 0.3) is 5.91 Å². The molecule has 21 heavy (non-hydrogen) atoms. The normalized spacial score (nSPS) is 15.3. The molecule has 1 aromatic heterocycles. The van der Waals surface area contributed by atoms with Crippen LogP contribution in [0.15, 0.2) is 34.2 Å². The first-order valence-corrected chi connectivity index (χ1v) is 8.31. The van der Waals surface area contributed by atoms with Crippen molar-refractivity contribution >= 4 is 44.0 Å². The number of carbonyl (C=O) groups is 1. The fraction of sp³-hybridized carbons (Fsp3) is 0.286. The van der Waals surface area contributed by atoms with Crippen LogP contribution in [0.25, 0.3) is 0 Å². The zero-order valence-electron chi connectivity index (χ0n) is 11.3. The van der Waals surface area contributed by atoms with Crippen LogP contribution < -0.4 is 10.6 Å². The average molecular weight is 367 g/mol. The third-order valence-corrected chi connectivity index (χ3v) is 5.00. The Kier molecular flexibility index (Phi) is 4.12. The van der Waals surface area contributed by atoms with Gasteiger partial charge in [-0.25, -0.2) is 4.98 Å². The van der Waals surface area contributed by atoms with Crippen molar-refractivity contribution in [1.29, 1.82) is 0 Å². The van der Waals surface area contributed by atoms with Gasteiger partial charge in [-0.1, -0.05) is 0 Å². The molecule has 0 radical (unpaired) electrons. The summed E-state index contributed by atoms with van der Waals surface area (Å²) in [6.07, 6.45) is 1.81. The number of piperazine rings is 1. The lowest BCUT2D eigenvalue weighted by atomic mass is 10.1. The fourth-order valence-corrected chi connectivity index (χ4v) is 3.46. The number of hydrogen-bond donors (Lipinski definition) is 1. The van der Waals surface area contributed by atoms with E-state index in [1.165, 1.54) is 0 Å². The molecule has 2 N–H and O–H groups in total. The van der Waals surface area contributed by atoms with Gasteiger partial charge >= 0.3 is 0 Å². The van der Waals surface area contributed by atoms with E-state index in [0.29, 0.717) is 24.3 Å². The second kappa shape index (κ2) is 6.03. The number of nitrogen functional groups attached to an aromatic ring is 1. The first-order chi connectivity index (χ1) is 10.1. The van der Waals surface area contributed by atoms with Crippen molar-refractivity contribution in [3.63, 3.8) is 0 Å². The second-order valence-corrected chi connectivity index (χ2v) is 6.56. The molecule has 1 aliphatic rings. The molecule has 2 aromatic rings. The smallest absolute Gasteiger partial charge is 0.255 e. The number of rotatable bonds is 2. The van der Waals surface area contributed by atoms with Crippen molar-refractivity contribution < 1.29 is 4.79 Å². The quantitative estimate of drug-likeness (QED) is 0.829. The van der Waals surface area contributed by atoms with Crippen LogP contribution in [-0.4, -0.2) is 42.0 Å². The molecular formula is C14H15BrN4OS. The summed E-state index contributed by atoms with van der Waals surface area (Å²) < 4.78 is 0.782. The highest BCUT2D eigenvalue weighted by Crippen LogP contribution is 2.23. The number of nitrogens with zero attached hydrogens (tertiary/aromatic N) is 3. The molecule has 5 nitrogen and oxygen atoms in total. The molecule has 0 unspecified atom stereocenters. The fourth-order valence-electron chi connectivity index (χ4n) is 2.35. The highest BCUT2D eigenvalue weighted by molar-refractivity contribution is 9.10. The van der Waals surface area contributed by atoms with Crippen molar-refractivity contribution in [2.75, 3.05) is 36.8 Å². The van der Waals surface area contributed by atoms with Gasteiger partial charge in [-0.15, -0.1) is 11.3 Å². The van der Waals surface area contributed by atoms with Gasteiger partial charge in [-0.3, -0.25) is 4.79 Å². The largest absolute Gasteiger partial charge is 0.399 e. The molecule has 0 bridgehead atoms. The lowest BCUT2D eigenvalue weighted by molar-refractivity contribution is 0.0746. The predicted molar refractivity (Wildman–Crippen MR) is 88.8 cm³/mol. The maximum atomic E-state index is 12.6. The van der Waals surface area contributed by atoms with Crippen molar-refractivity contribution in [3.8, 4) is 0 Å². The summed E-state index contributed by atoms with van der Waals surface area (Å²) in [4.78, 5) is 21.0. The summed E-state index contributed by atoms with van der Waals surface area (Å²) in [6, 6.07) is 5.31. The Morgan fingerprint density at radius 2 is 2.05 bits per heavy atom. The van der Waals surface area contributed by atoms with Crippen LogP contribution in [0.4, 0.5) is 10.8 Å². The number of thiazole rings is 1. The highest BCUT2D eigenvalue weighted by atomic mass is 79.9. The summed E-state index contributed by atoms with van der Waals surface area (Å²) in [5.74, 6) is 0.0213. The Labute approximate surface area is 135 Å². The molecular weight excluding hydrogens is 352 g/mol. The van der Waals surface area contributed by atoms with Gasteiger partial charge in [-0.2, -0.15) is 0 Å². The monoisotopic (exact) mass is 366 g/mol. The molecule has 110 valence electrons. The molecule has 1 fully saturated rings. The van der Waals surface area contributed by atoms with Gasteiger partial charge in [0.15, 0.2) is 5.13 Å². The van der Waals surface area contributed by atoms with E-state index >= 15 is 0 Å². The number of benzene rings is 1. The van der Waals surface area contributed by atoms with Gasteiger partial charge in [0.05, 0.1) is 5.56 Å². The first-order valence-electron chi connectivity index (χ1n) is 6.64. The number of amides is 1. The minimum atomic E-state index is 0.0213. The predicted octanol–water partition coefficient (Wildman–Crippen LogP) is 2.45. The summed E-state index contributed by atoms with van der Waals surface area (Å²) in [6.45, 7) is 3.00. The molecule has 1 aromatic carbocycles. The van der Waals surface area contributed by atoms with Crippen LogP contribution in [0.1, 0.15) is 10.4 Å². The molecule has 2 heterocycles. The molecule has 1 saturated heterocycles. The van der Waals surface area contributed by atoms with E-state index < -0.39 is 0 Å². The maximum absolute atomic E-state index is 12.6. The van der Waals surface area contributed by atoms with Crippen LogP contribution in [0.3, 0.4) is 0 Å². The Balaban J connectivity index is 1.69. The highest BCUT2D eigenvalue weighted by Gasteiger charge is 2.24. The standard InChI is InChI=1S/C14H15BrN4OS/c15-12-2-1-10(16)9-11(12)13(20)18-4-6-19(7-5-18)14-17-3-8-21-14/h1-3,8-9H,4-7,16H2. The number of halogens is 1. The SMILES string of the molecule is Nc1ccc(Br)c(C(=O)N2CCN(c3nccs3)CC2)c1. The van der Waals surface area contributed by atoms with Crippen molar-refractivity contribution in [2.24, 2.45) is 0 Å². The summed E-state index contributed by atoms with van der Waals surface area (Å²) in [7, 11) is 0. The Morgan fingerprint density at radius 1 is 1.29 bits per heavy atom. The van der Waals surface area contributed by atoms with Crippen LogP contribution in [0, 0.1) is 0 Å². The third-order valence-electron chi connectivity index (χ3n) is 3.48. The van der Waals surface area contributed by atoms with Crippen molar-refractivity contribution in [2.45, 2.75) is 0 Å². The second-order valence-electron chi connectivity index (χ2n) is 4.83. The molecule has 7 heteroatoms. The van der Waals surface area contributed by atoms with Gasteiger partial charge in [-0.05, 0) is 34.1 Å². The average Bonchev–Trinajstić information content (AvgIpc) is 3.03. The van der Waals surface area contributed by atoms with Crippen LogP contribution >= 0.6 is 27.3 Å². The van der Waals surface area contributed by atoms with E-state index in [-0.39, 0.29) is 5.91 Å². The van der Waals surface area contributed by atoms with E-state index in [0.717, 1.165) is 22.7 Å². The van der Waals surface area contributed by atoms with E-state index in [9.17, 15) is 4.79 Å². The summed E-state index contributed by atoms with van der Waals surface area (Å²) in [5, 5.41) is 2.99. The van der Waals surface area contributed by atoms with Crippen LogP contribution in [0.5, 0.6) is 0 Å². The maximum Gasteiger partial charge on any atom is 0.255 e. The van der Waals surface area contributed by atoms with Crippen LogP contribution in [0.2, 0.25) is 0 Å². The lowest BCUT2D eigenvalue weighted by Crippen LogP contribution is -2.48. The van der Waals surface area contributed by atoms with E-state index in [4.69, 9.17) is 5.73 Å². The Bertz CT molecular complexity index is 638. The van der Waals surface area contributed by atoms with E-state index in [1.54, 1.807) is 29.7 Å². The van der Waals surface area contributed by atoms with E-state index in [2.05, 4.69) is 25.8 Å². The number of hydrogen-bond acceptors (Lipinski definition) is 5. The first kappa shape index (κ1) is 14.3. The summed E-state index contributed by atoms with van der Waals surface area (Å²) >= 11 is 5.05.